The molecule has 7 nitrogen and oxygen atoms in total. The van der Waals surface area contributed by atoms with Gasteiger partial charge in [-0.15, -0.1) is 0 Å². The Balaban J connectivity index is 1.76. The number of nitrogens with one attached hydrogen (secondary N) is 1. The molecule has 196 valence electrons. The lowest BCUT2D eigenvalue weighted by atomic mass is 9.93. The number of aromatic amines is 1. The van der Waals surface area contributed by atoms with Crippen molar-refractivity contribution in [2.24, 2.45) is 7.05 Å². The fourth-order valence-corrected chi connectivity index (χ4v) is 4.62. The van der Waals surface area contributed by atoms with Gasteiger partial charge in [0.2, 0.25) is 0 Å². The van der Waals surface area contributed by atoms with Crippen molar-refractivity contribution >= 4 is 11.0 Å². The molecule has 0 saturated carbocycles. The number of furan rings is 1. The van der Waals surface area contributed by atoms with Gasteiger partial charge in [0.05, 0.1) is 17.2 Å². The van der Waals surface area contributed by atoms with Crippen molar-refractivity contribution in [3.05, 3.63) is 87.5 Å². The lowest BCUT2D eigenvalue weighted by Crippen LogP contribution is -2.17. The molecule has 0 amide bonds. The van der Waals surface area contributed by atoms with E-state index in [1.807, 2.05) is 13.0 Å². The fraction of sp³-hybridized carbons (Fsp3) is 0.267. The van der Waals surface area contributed by atoms with Gasteiger partial charge in [0.15, 0.2) is 5.76 Å². The van der Waals surface area contributed by atoms with Crippen LogP contribution in [-0.4, -0.2) is 19.6 Å². The van der Waals surface area contributed by atoms with Crippen LogP contribution in [0.2, 0.25) is 0 Å². The molecule has 0 spiro atoms. The lowest BCUT2D eigenvalue weighted by Gasteiger charge is -2.21. The van der Waals surface area contributed by atoms with E-state index in [9.17, 15) is 14.3 Å². The number of imidazole rings is 1. The van der Waals surface area contributed by atoms with Crippen LogP contribution in [0.25, 0.3) is 33.6 Å². The van der Waals surface area contributed by atoms with E-state index >= 15 is 0 Å². The predicted octanol–water partition coefficient (Wildman–Crippen LogP) is 6.53. The maximum absolute atomic E-state index is 14.0. The van der Waals surface area contributed by atoms with E-state index < -0.39 is 5.60 Å². The Kier molecular flexibility index (Phi) is 6.23. The molecule has 2 N–H and O–H groups in total. The topological polar surface area (TPSA) is 93.3 Å². The zero-order valence-electron chi connectivity index (χ0n) is 22.3. The first-order valence-corrected chi connectivity index (χ1v) is 12.5. The highest BCUT2D eigenvalue weighted by Crippen LogP contribution is 2.42. The van der Waals surface area contributed by atoms with Crippen LogP contribution in [0.1, 0.15) is 43.3 Å². The summed E-state index contributed by atoms with van der Waals surface area (Å²) in [5.74, 6) is 1.98. The summed E-state index contributed by atoms with van der Waals surface area (Å²) in [6.07, 6.45) is 4.12. The zero-order chi connectivity index (χ0) is 27.4. The number of hydrogen-bond acceptors (Lipinski definition) is 5. The molecule has 5 aromatic rings. The highest BCUT2D eigenvalue weighted by atomic mass is 19.1. The Morgan fingerprint density at radius 1 is 1.13 bits per heavy atom. The number of fused-ring (bicyclic) bond motifs is 1. The Bertz CT molecular complexity index is 1710. The maximum atomic E-state index is 14.0. The summed E-state index contributed by atoms with van der Waals surface area (Å²) in [6.45, 7) is 8.97. The Labute approximate surface area is 219 Å². The van der Waals surface area contributed by atoms with Crippen molar-refractivity contribution in [3.63, 3.8) is 0 Å². The molecule has 0 aliphatic carbocycles. The van der Waals surface area contributed by atoms with Crippen molar-refractivity contribution in [2.75, 3.05) is 0 Å². The average molecular weight is 516 g/mol. The Morgan fingerprint density at radius 3 is 2.47 bits per heavy atom. The highest BCUT2D eigenvalue weighted by Gasteiger charge is 2.24. The normalized spacial score (nSPS) is 11.9. The van der Waals surface area contributed by atoms with Gasteiger partial charge in [-0.2, -0.15) is 0 Å². The van der Waals surface area contributed by atoms with Crippen LogP contribution < -0.4 is 10.3 Å². The summed E-state index contributed by atoms with van der Waals surface area (Å²) in [5.41, 5.74) is 2.91. The van der Waals surface area contributed by atoms with Gasteiger partial charge < -0.3 is 23.8 Å². The maximum Gasteiger partial charge on any atom is 0.261 e. The number of aromatic nitrogens is 3. The summed E-state index contributed by atoms with van der Waals surface area (Å²) in [6, 6.07) is 9.95. The molecule has 0 aliphatic rings. The molecule has 0 saturated heterocycles. The number of rotatable bonds is 6. The number of ether oxygens (including phenoxy) is 1. The van der Waals surface area contributed by atoms with E-state index in [-0.39, 0.29) is 11.4 Å². The minimum absolute atomic E-state index is 0.208. The van der Waals surface area contributed by atoms with E-state index in [4.69, 9.17) is 9.15 Å². The van der Waals surface area contributed by atoms with Crippen LogP contribution in [0.4, 0.5) is 4.39 Å². The van der Waals surface area contributed by atoms with Crippen LogP contribution >= 0.6 is 0 Å². The Hall–Kier alpha value is -4.17. The van der Waals surface area contributed by atoms with E-state index in [0.717, 1.165) is 12.2 Å². The minimum Gasteiger partial charge on any atom is -0.456 e. The molecule has 3 aromatic heterocycles. The minimum atomic E-state index is -1.13. The molecular weight excluding hydrogens is 485 g/mol. The van der Waals surface area contributed by atoms with E-state index in [1.165, 1.54) is 16.7 Å². The van der Waals surface area contributed by atoms with Crippen molar-refractivity contribution in [1.29, 1.82) is 0 Å². The summed E-state index contributed by atoms with van der Waals surface area (Å²) in [4.78, 5) is 20.7. The first-order valence-electron chi connectivity index (χ1n) is 12.5. The first kappa shape index (κ1) is 25.5. The second-order valence-corrected chi connectivity index (χ2v) is 10.2. The van der Waals surface area contributed by atoms with Crippen LogP contribution in [0.3, 0.4) is 0 Å². The van der Waals surface area contributed by atoms with Gasteiger partial charge in [0.1, 0.15) is 34.4 Å². The summed E-state index contributed by atoms with van der Waals surface area (Å²) < 4.78 is 28.1. The molecule has 0 fully saturated rings. The van der Waals surface area contributed by atoms with Gasteiger partial charge in [-0.3, -0.25) is 4.79 Å². The van der Waals surface area contributed by atoms with Crippen molar-refractivity contribution < 1.29 is 18.7 Å². The third-order valence-corrected chi connectivity index (χ3v) is 6.69. The number of aliphatic hydroxyl groups is 1. The number of hydrogen-bond donors (Lipinski definition) is 2. The zero-order valence-corrected chi connectivity index (χ0v) is 22.3. The van der Waals surface area contributed by atoms with E-state index in [1.54, 1.807) is 65.3 Å². The van der Waals surface area contributed by atoms with Crippen molar-refractivity contribution in [2.45, 2.75) is 46.6 Å². The smallest absolute Gasteiger partial charge is 0.261 e. The molecular formula is C30H30FN3O4. The average Bonchev–Trinajstić information content (AvgIpc) is 3.51. The van der Waals surface area contributed by atoms with Crippen molar-refractivity contribution in [3.8, 4) is 34.1 Å². The molecule has 3 heterocycles. The monoisotopic (exact) mass is 515 g/mol. The number of H-pyrrole nitrogens is 1. The van der Waals surface area contributed by atoms with E-state index in [0.29, 0.717) is 61.7 Å². The number of aryl methyl sites for hydroxylation is 4. The molecule has 0 radical (unpaired) electrons. The van der Waals surface area contributed by atoms with Crippen LogP contribution in [0.15, 0.2) is 58.0 Å². The molecule has 0 bridgehead atoms. The highest BCUT2D eigenvalue weighted by molar-refractivity contribution is 5.95. The SMILES string of the molecule is CCc1ncc(-c2cc3c(=O)n(C)cc(-c4cc(C(C)(C)O)ccc4Oc4c(C)cc(F)cc4C)c3o2)[nH]1. The van der Waals surface area contributed by atoms with Crippen LogP contribution in [0.5, 0.6) is 11.5 Å². The summed E-state index contributed by atoms with van der Waals surface area (Å²) in [7, 11) is 1.68. The quantitative estimate of drug-likeness (QED) is 0.268. The lowest BCUT2D eigenvalue weighted by molar-refractivity contribution is 0.0786. The predicted molar refractivity (Wildman–Crippen MR) is 145 cm³/mol. The number of halogens is 1. The third-order valence-electron chi connectivity index (χ3n) is 6.69. The fourth-order valence-electron chi connectivity index (χ4n) is 4.62. The summed E-state index contributed by atoms with van der Waals surface area (Å²) >= 11 is 0. The third kappa shape index (κ3) is 4.52. The summed E-state index contributed by atoms with van der Waals surface area (Å²) in [5, 5.41) is 11.2. The molecule has 38 heavy (non-hydrogen) atoms. The number of pyridine rings is 1. The van der Waals surface area contributed by atoms with Gasteiger partial charge in [-0.25, -0.2) is 9.37 Å². The largest absolute Gasteiger partial charge is 0.456 e. The Morgan fingerprint density at radius 2 is 1.84 bits per heavy atom. The standard InChI is InChI=1S/C30H30FN3O4/c1-7-26-32-14-23(33-26)25-13-21-28(38-25)22(15-34(6)29(21)35)20-12-18(30(4,5)36)8-9-24(20)37-27-16(2)10-19(31)11-17(27)3/h8-15,36H,7H2,1-6H3,(H,32,33). The van der Waals surface area contributed by atoms with Crippen molar-refractivity contribution in [1.82, 2.24) is 14.5 Å². The van der Waals surface area contributed by atoms with Gasteiger partial charge in [0.25, 0.3) is 5.56 Å². The molecule has 2 aromatic carbocycles. The number of nitrogens with zero attached hydrogens (tertiary/aromatic N) is 2. The van der Waals surface area contributed by atoms with E-state index in [2.05, 4.69) is 9.97 Å². The van der Waals surface area contributed by atoms with Crippen LogP contribution in [0, 0.1) is 19.7 Å². The molecule has 0 aliphatic heterocycles. The second-order valence-electron chi connectivity index (χ2n) is 10.2. The van der Waals surface area contributed by atoms with Gasteiger partial charge in [-0.1, -0.05) is 13.0 Å². The molecule has 8 heteroatoms. The second kappa shape index (κ2) is 9.29. The van der Waals surface area contributed by atoms with Gasteiger partial charge in [0, 0.05) is 30.8 Å². The van der Waals surface area contributed by atoms with Gasteiger partial charge in [-0.05, 0) is 74.7 Å². The number of benzene rings is 2. The molecule has 0 unspecified atom stereocenters. The van der Waals surface area contributed by atoms with Crippen LogP contribution in [-0.2, 0) is 19.1 Å². The molecule has 5 rings (SSSR count). The first-order chi connectivity index (χ1) is 18.0. The van der Waals surface area contributed by atoms with Gasteiger partial charge >= 0.3 is 0 Å². The molecule has 0 atom stereocenters.